The number of rotatable bonds is 5. The molecule has 0 aliphatic carbocycles. The average molecular weight is 422 g/mol. The molecule has 0 radical (unpaired) electrons. The second-order valence-electron chi connectivity index (χ2n) is 7.48. The number of hydrazone groups is 1. The van der Waals surface area contributed by atoms with Crippen LogP contribution >= 0.6 is 11.8 Å². The van der Waals surface area contributed by atoms with Crippen LogP contribution in [0.25, 0.3) is 0 Å². The highest BCUT2D eigenvalue weighted by atomic mass is 32.2. The molecule has 0 spiro atoms. The molecule has 5 rings (SSSR count). The van der Waals surface area contributed by atoms with Crippen LogP contribution in [-0.2, 0) is 6.54 Å². The lowest BCUT2D eigenvalue weighted by atomic mass is 10.2. The molecule has 0 saturated heterocycles. The third-order valence-corrected chi connectivity index (χ3v) is 6.48. The van der Waals surface area contributed by atoms with Gasteiger partial charge in [0, 0.05) is 16.8 Å². The van der Waals surface area contributed by atoms with Crippen molar-refractivity contribution < 1.29 is 0 Å². The topological polar surface area (TPSA) is 18.8 Å². The van der Waals surface area contributed by atoms with Crippen molar-refractivity contribution in [2.45, 2.75) is 16.3 Å². The van der Waals surface area contributed by atoms with Crippen molar-refractivity contribution in [3.63, 3.8) is 0 Å². The molecular formula is C27H23N3S. The van der Waals surface area contributed by atoms with E-state index in [0.29, 0.717) is 0 Å². The van der Waals surface area contributed by atoms with E-state index in [0.717, 1.165) is 17.8 Å². The van der Waals surface area contributed by atoms with Crippen LogP contribution in [0.5, 0.6) is 0 Å². The summed E-state index contributed by atoms with van der Waals surface area (Å²) in [4.78, 5) is 4.79. The highest BCUT2D eigenvalue weighted by Crippen LogP contribution is 2.47. The highest BCUT2D eigenvalue weighted by molar-refractivity contribution is 7.99. The van der Waals surface area contributed by atoms with E-state index in [4.69, 9.17) is 5.10 Å². The van der Waals surface area contributed by atoms with E-state index in [1.165, 1.54) is 26.7 Å². The first kappa shape index (κ1) is 19.5. The quantitative estimate of drug-likeness (QED) is 0.256. The Labute approximate surface area is 187 Å². The molecule has 0 unspecified atom stereocenters. The number of hydrogen-bond donors (Lipinski definition) is 0. The van der Waals surface area contributed by atoms with E-state index >= 15 is 0 Å². The summed E-state index contributed by atoms with van der Waals surface area (Å²) in [6, 6.07) is 35.8. The Kier molecular flexibility index (Phi) is 5.46. The van der Waals surface area contributed by atoms with Gasteiger partial charge in [0.2, 0.25) is 0 Å². The van der Waals surface area contributed by atoms with E-state index in [-0.39, 0.29) is 0 Å². The first-order chi connectivity index (χ1) is 15.3. The highest BCUT2D eigenvalue weighted by Gasteiger charge is 2.20. The summed E-state index contributed by atoms with van der Waals surface area (Å²) >= 11 is 1.82. The molecule has 0 fully saturated rings. The Morgan fingerprint density at radius 2 is 1.45 bits per heavy atom. The molecule has 0 saturated carbocycles. The maximum atomic E-state index is 4.86. The number of nitrogens with zero attached hydrogens (tertiary/aromatic N) is 3. The third-order valence-electron chi connectivity index (χ3n) is 5.37. The Bertz CT molecular complexity index is 1210. The van der Waals surface area contributed by atoms with Gasteiger partial charge in [0.15, 0.2) is 0 Å². The van der Waals surface area contributed by atoms with Gasteiger partial charge < -0.3 is 4.90 Å². The molecule has 152 valence electrons. The minimum Gasteiger partial charge on any atom is -0.343 e. The summed E-state index contributed by atoms with van der Waals surface area (Å²) in [6.07, 6.45) is 1.96. The summed E-state index contributed by atoms with van der Waals surface area (Å²) in [5, 5.41) is 6.90. The molecule has 1 aliphatic rings. The van der Waals surface area contributed by atoms with E-state index in [2.05, 4.69) is 90.8 Å². The minimum atomic E-state index is 0.719. The first-order valence-corrected chi connectivity index (χ1v) is 11.1. The molecule has 0 amide bonds. The van der Waals surface area contributed by atoms with E-state index in [9.17, 15) is 0 Å². The maximum absolute atomic E-state index is 4.86. The maximum Gasteiger partial charge on any atom is 0.0666 e. The number of benzene rings is 4. The Balaban J connectivity index is 1.43. The second kappa shape index (κ2) is 8.70. The molecule has 4 aromatic carbocycles. The van der Waals surface area contributed by atoms with E-state index < -0.39 is 0 Å². The van der Waals surface area contributed by atoms with Crippen LogP contribution in [0.4, 0.5) is 17.1 Å². The van der Waals surface area contributed by atoms with Gasteiger partial charge in [-0.25, -0.2) is 0 Å². The lowest BCUT2D eigenvalue weighted by molar-refractivity contribution is 0.858. The minimum absolute atomic E-state index is 0.719. The van der Waals surface area contributed by atoms with Gasteiger partial charge in [-0.05, 0) is 47.5 Å². The van der Waals surface area contributed by atoms with E-state index in [1.54, 1.807) is 0 Å². The Hall–Kier alpha value is -3.50. The van der Waals surface area contributed by atoms with Gasteiger partial charge in [0.25, 0.3) is 0 Å². The van der Waals surface area contributed by atoms with Crippen molar-refractivity contribution in [1.82, 2.24) is 0 Å². The predicted molar refractivity (Wildman–Crippen MR) is 132 cm³/mol. The first-order valence-electron chi connectivity index (χ1n) is 10.3. The van der Waals surface area contributed by atoms with Gasteiger partial charge in [-0.2, -0.15) is 5.10 Å². The number of para-hydroxylation sites is 2. The molecule has 0 bridgehead atoms. The van der Waals surface area contributed by atoms with Crippen molar-refractivity contribution >= 4 is 35.0 Å². The third kappa shape index (κ3) is 4.21. The van der Waals surface area contributed by atoms with Crippen molar-refractivity contribution in [2.75, 3.05) is 17.0 Å². The average Bonchev–Trinajstić information content (AvgIpc) is 2.83. The molecule has 3 nitrogen and oxygen atoms in total. The fourth-order valence-corrected chi connectivity index (χ4v) is 4.93. The zero-order chi connectivity index (χ0) is 21.0. The smallest absolute Gasteiger partial charge is 0.0666 e. The summed E-state index contributed by atoms with van der Waals surface area (Å²) in [6.45, 7) is 0.719. The fraction of sp³-hybridized carbons (Fsp3) is 0.0741. The van der Waals surface area contributed by atoms with Crippen LogP contribution in [0, 0.1) is 0 Å². The van der Waals surface area contributed by atoms with Crippen LogP contribution in [0.1, 0.15) is 11.1 Å². The fourth-order valence-electron chi connectivity index (χ4n) is 3.73. The summed E-state index contributed by atoms with van der Waals surface area (Å²) < 4.78 is 0. The SMILES string of the molecule is CN1c2ccccc2Sc2cc(/C=N\N(Cc3ccccc3)c3ccccc3)ccc21. The molecule has 4 heteroatoms. The largest absolute Gasteiger partial charge is 0.343 e. The summed E-state index contributed by atoms with van der Waals surface area (Å²) in [7, 11) is 2.13. The zero-order valence-corrected chi connectivity index (χ0v) is 18.2. The monoisotopic (exact) mass is 421 g/mol. The Morgan fingerprint density at radius 1 is 0.774 bits per heavy atom. The van der Waals surface area contributed by atoms with Gasteiger partial charge in [-0.15, -0.1) is 0 Å². The summed E-state index contributed by atoms with van der Waals surface area (Å²) in [5.74, 6) is 0. The lowest BCUT2D eigenvalue weighted by Gasteiger charge is -2.29. The molecule has 0 aromatic heterocycles. The molecule has 1 heterocycles. The number of hydrogen-bond acceptors (Lipinski definition) is 4. The van der Waals surface area contributed by atoms with Crippen LogP contribution in [0.3, 0.4) is 0 Å². The van der Waals surface area contributed by atoms with E-state index in [1.807, 2.05) is 47.3 Å². The van der Waals surface area contributed by atoms with Gasteiger partial charge in [-0.3, -0.25) is 5.01 Å². The van der Waals surface area contributed by atoms with Gasteiger partial charge in [-0.1, -0.05) is 78.5 Å². The van der Waals surface area contributed by atoms with Gasteiger partial charge in [0.1, 0.15) is 0 Å². The lowest BCUT2D eigenvalue weighted by Crippen LogP contribution is -2.16. The second-order valence-corrected chi connectivity index (χ2v) is 8.56. The predicted octanol–water partition coefficient (Wildman–Crippen LogP) is 6.96. The van der Waals surface area contributed by atoms with Crippen molar-refractivity contribution in [3.8, 4) is 0 Å². The van der Waals surface area contributed by atoms with Crippen LogP contribution < -0.4 is 9.91 Å². The Morgan fingerprint density at radius 3 is 2.26 bits per heavy atom. The molecule has 4 aromatic rings. The molecule has 0 N–H and O–H groups in total. The van der Waals surface area contributed by atoms with Crippen molar-refractivity contribution in [1.29, 1.82) is 0 Å². The van der Waals surface area contributed by atoms with Crippen molar-refractivity contribution in [3.05, 3.63) is 114 Å². The van der Waals surface area contributed by atoms with Crippen LogP contribution in [0.2, 0.25) is 0 Å². The van der Waals surface area contributed by atoms with Gasteiger partial charge in [0.05, 0.1) is 29.8 Å². The van der Waals surface area contributed by atoms with Crippen LogP contribution in [-0.4, -0.2) is 13.3 Å². The van der Waals surface area contributed by atoms with Gasteiger partial charge >= 0.3 is 0 Å². The standard InChI is InChI=1S/C27H23N3S/c1-29-24-14-8-9-15-26(24)31-27-18-22(16-17-25(27)29)19-28-30(23-12-6-3-7-13-23)20-21-10-4-2-5-11-21/h2-19H,20H2,1H3/b28-19-. The molecule has 31 heavy (non-hydrogen) atoms. The summed E-state index contributed by atoms with van der Waals surface area (Å²) in [5.41, 5.74) is 5.86. The number of fused-ring (bicyclic) bond motifs is 2. The van der Waals surface area contributed by atoms with Crippen LogP contribution in [0.15, 0.2) is 118 Å². The molecular weight excluding hydrogens is 398 g/mol. The zero-order valence-electron chi connectivity index (χ0n) is 17.3. The van der Waals surface area contributed by atoms with Crippen molar-refractivity contribution in [2.24, 2.45) is 5.10 Å². The number of anilines is 3. The molecule has 1 aliphatic heterocycles. The molecule has 0 atom stereocenters. The normalized spacial score (nSPS) is 12.5.